The Morgan fingerprint density at radius 1 is 1.33 bits per heavy atom. The molecule has 0 saturated carbocycles. The molecule has 2 aromatic rings. The van der Waals surface area contributed by atoms with Gasteiger partial charge in [0.05, 0.1) is 11.1 Å². The fourth-order valence-corrected chi connectivity index (χ4v) is 1.51. The maximum Gasteiger partial charge on any atom is 0.337 e. The van der Waals surface area contributed by atoms with Crippen molar-refractivity contribution < 1.29 is 9.90 Å². The lowest BCUT2D eigenvalue weighted by atomic mass is 10.1. The quantitative estimate of drug-likeness (QED) is 0.760. The van der Waals surface area contributed by atoms with Crippen LogP contribution in [0.4, 0.5) is 0 Å². The van der Waals surface area contributed by atoms with Crippen LogP contribution in [0.1, 0.15) is 15.9 Å². The number of hydrogen-bond donors (Lipinski definition) is 1. The van der Waals surface area contributed by atoms with Gasteiger partial charge in [0.2, 0.25) is 0 Å². The summed E-state index contributed by atoms with van der Waals surface area (Å²) >= 11 is 0. The summed E-state index contributed by atoms with van der Waals surface area (Å²) < 4.78 is 1.33. The van der Waals surface area contributed by atoms with Crippen molar-refractivity contribution in [2.75, 3.05) is 0 Å². The summed E-state index contributed by atoms with van der Waals surface area (Å²) in [6.07, 6.45) is 1.58. The summed E-state index contributed by atoms with van der Waals surface area (Å²) in [5.41, 5.74) is 1.26. The fourth-order valence-electron chi connectivity index (χ4n) is 1.51. The van der Waals surface area contributed by atoms with E-state index in [1.54, 1.807) is 18.3 Å². The Bertz CT molecular complexity index is 598. The first-order chi connectivity index (χ1) is 7.09. The van der Waals surface area contributed by atoms with Crippen molar-refractivity contribution in [1.82, 2.24) is 4.40 Å². The number of aromatic carboxylic acids is 1. The highest BCUT2D eigenvalue weighted by molar-refractivity contribution is 5.95. The lowest BCUT2D eigenvalue weighted by molar-refractivity contribution is 0.0698. The Labute approximate surface area is 85.4 Å². The molecule has 76 valence electrons. The van der Waals surface area contributed by atoms with Crippen molar-refractivity contribution in [1.29, 1.82) is 0 Å². The molecule has 0 unspecified atom stereocenters. The first kappa shape index (κ1) is 9.45. The second kappa shape index (κ2) is 3.24. The van der Waals surface area contributed by atoms with E-state index in [-0.39, 0.29) is 11.1 Å². The minimum atomic E-state index is -1.03. The molecule has 2 rings (SSSR count). The van der Waals surface area contributed by atoms with Crippen LogP contribution in [0, 0.1) is 6.92 Å². The van der Waals surface area contributed by atoms with Crippen LogP contribution in [0.15, 0.2) is 35.3 Å². The van der Waals surface area contributed by atoms with Gasteiger partial charge >= 0.3 is 5.97 Å². The zero-order valence-corrected chi connectivity index (χ0v) is 8.10. The predicted octanol–water partition coefficient (Wildman–Crippen LogP) is 1.31. The van der Waals surface area contributed by atoms with Crippen LogP contribution in [0.25, 0.3) is 5.52 Å². The summed E-state index contributed by atoms with van der Waals surface area (Å²) in [5, 5.41) is 8.95. The van der Waals surface area contributed by atoms with Gasteiger partial charge in [-0.25, -0.2) is 4.79 Å². The third kappa shape index (κ3) is 1.50. The van der Waals surface area contributed by atoms with E-state index in [2.05, 4.69) is 0 Å². The molecular formula is C11H9NO3. The topological polar surface area (TPSA) is 58.8 Å². The number of aromatic nitrogens is 1. The molecule has 0 aliphatic heterocycles. The van der Waals surface area contributed by atoms with Crippen molar-refractivity contribution in [3.05, 3.63) is 51.9 Å². The number of pyridine rings is 2. The van der Waals surface area contributed by atoms with E-state index in [1.165, 1.54) is 16.5 Å². The number of carbonyl (C=O) groups is 1. The molecule has 0 aliphatic rings. The Hall–Kier alpha value is -2.10. The molecule has 0 aliphatic carbocycles. The summed E-state index contributed by atoms with van der Waals surface area (Å²) in [6.45, 7) is 1.85. The van der Waals surface area contributed by atoms with Gasteiger partial charge in [-0.1, -0.05) is 0 Å². The number of fused-ring (bicyclic) bond motifs is 1. The zero-order chi connectivity index (χ0) is 11.0. The van der Waals surface area contributed by atoms with E-state index in [4.69, 9.17) is 5.11 Å². The van der Waals surface area contributed by atoms with Gasteiger partial charge in [-0.3, -0.25) is 9.20 Å². The van der Waals surface area contributed by atoms with Gasteiger partial charge in [-0.05, 0) is 30.7 Å². The third-order valence-electron chi connectivity index (χ3n) is 2.25. The van der Waals surface area contributed by atoms with Crippen molar-refractivity contribution in [2.24, 2.45) is 0 Å². The van der Waals surface area contributed by atoms with Crippen LogP contribution in [0.5, 0.6) is 0 Å². The molecule has 2 aromatic heterocycles. The molecule has 2 heterocycles. The second-order valence-electron chi connectivity index (χ2n) is 3.35. The molecule has 15 heavy (non-hydrogen) atoms. The average molecular weight is 203 g/mol. The van der Waals surface area contributed by atoms with Crippen molar-refractivity contribution in [2.45, 2.75) is 6.92 Å². The van der Waals surface area contributed by atoms with E-state index in [0.717, 1.165) is 5.56 Å². The molecule has 1 N–H and O–H groups in total. The molecule has 0 saturated heterocycles. The average Bonchev–Trinajstić information content (AvgIpc) is 2.17. The number of aryl methyl sites for hydroxylation is 1. The summed E-state index contributed by atoms with van der Waals surface area (Å²) in [7, 11) is 0. The van der Waals surface area contributed by atoms with Gasteiger partial charge in [0.25, 0.3) is 5.56 Å². The predicted molar refractivity (Wildman–Crippen MR) is 55.4 cm³/mol. The van der Waals surface area contributed by atoms with Gasteiger partial charge in [-0.2, -0.15) is 0 Å². The molecule has 0 fully saturated rings. The third-order valence-corrected chi connectivity index (χ3v) is 2.25. The smallest absolute Gasteiger partial charge is 0.337 e. The number of rotatable bonds is 1. The van der Waals surface area contributed by atoms with Crippen molar-refractivity contribution in [3.8, 4) is 0 Å². The Morgan fingerprint density at radius 2 is 2.07 bits per heavy atom. The van der Waals surface area contributed by atoms with Crippen LogP contribution in [-0.4, -0.2) is 15.5 Å². The monoisotopic (exact) mass is 203 g/mol. The Kier molecular flexibility index (Phi) is 2.04. The largest absolute Gasteiger partial charge is 0.478 e. The normalized spacial score (nSPS) is 10.5. The standard InChI is InChI=1S/C11H9NO3/c1-7-4-5-12-9(6-7)8(11(14)15)2-3-10(12)13/h2-6H,1H3,(H,14,15). The highest BCUT2D eigenvalue weighted by atomic mass is 16.4. The summed E-state index contributed by atoms with van der Waals surface area (Å²) in [4.78, 5) is 22.4. The summed E-state index contributed by atoms with van der Waals surface area (Å²) in [5.74, 6) is -1.03. The van der Waals surface area contributed by atoms with Gasteiger partial charge in [-0.15, -0.1) is 0 Å². The Balaban J connectivity index is 2.96. The Morgan fingerprint density at radius 3 is 2.73 bits per heavy atom. The first-order valence-corrected chi connectivity index (χ1v) is 4.45. The molecule has 0 bridgehead atoms. The first-order valence-electron chi connectivity index (χ1n) is 4.45. The lowest BCUT2D eigenvalue weighted by Crippen LogP contribution is -2.15. The van der Waals surface area contributed by atoms with Crippen LogP contribution < -0.4 is 5.56 Å². The molecule has 0 amide bonds. The minimum absolute atomic E-state index is 0.137. The zero-order valence-electron chi connectivity index (χ0n) is 8.10. The van der Waals surface area contributed by atoms with Gasteiger partial charge in [0.1, 0.15) is 0 Å². The number of carboxylic acids is 1. The molecule has 0 aromatic carbocycles. The van der Waals surface area contributed by atoms with Crippen LogP contribution in [0.3, 0.4) is 0 Å². The maximum absolute atomic E-state index is 11.4. The molecule has 4 heteroatoms. The van der Waals surface area contributed by atoms with E-state index in [9.17, 15) is 9.59 Å². The van der Waals surface area contributed by atoms with Gasteiger partial charge in [0, 0.05) is 12.3 Å². The number of hydrogen-bond acceptors (Lipinski definition) is 2. The molecule has 4 nitrogen and oxygen atoms in total. The second-order valence-corrected chi connectivity index (χ2v) is 3.35. The number of carboxylic acid groups (broad SMARTS) is 1. The molecule has 0 atom stereocenters. The molecule has 0 radical (unpaired) electrons. The number of nitrogens with zero attached hydrogens (tertiary/aromatic N) is 1. The van der Waals surface area contributed by atoms with Crippen LogP contribution in [0.2, 0.25) is 0 Å². The maximum atomic E-state index is 11.4. The van der Waals surface area contributed by atoms with Crippen LogP contribution >= 0.6 is 0 Å². The van der Waals surface area contributed by atoms with E-state index in [1.807, 2.05) is 6.92 Å². The van der Waals surface area contributed by atoms with E-state index >= 15 is 0 Å². The van der Waals surface area contributed by atoms with Gasteiger partial charge in [0.15, 0.2) is 0 Å². The van der Waals surface area contributed by atoms with Crippen LogP contribution in [-0.2, 0) is 0 Å². The molecule has 0 spiro atoms. The van der Waals surface area contributed by atoms with Crippen molar-refractivity contribution >= 4 is 11.5 Å². The SMILES string of the molecule is Cc1ccn2c(=O)ccc(C(=O)O)c2c1. The van der Waals surface area contributed by atoms with E-state index in [0.29, 0.717) is 5.52 Å². The highest BCUT2D eigenvalue weighted by Gasteiger charge is 2.09. The minimum Gasteiger partial charge on any atom is -0.478 e. The summed E-state index contributed by atoms with van der Waals surface area (Å²) in [6, 6.07) is 6.04. The van der Waals surface area contributed by atoms with Gasteiger partial charge < -0.3 is 5.11 Å². The fraction of sp³-hybridized carbons (Fsp3) is 0.0909. The highest BCUT2D eigenvalue weighted by Crippen LogP contribution is 2.10. The van der Waals surface area contributed by atoms with E-state index < -0.39 is 5.97 Å². The molecular weight excluding hydrogens is 194 g/mol. The van der Waals surface area contributed by atoms with Crippen molar-refractivity contribution in [3.63, 3.8) is 0 Å². The lowest BCUT2D eigenvalue weighted by Gasteiger charge is -2.04.